The van der Waals surface area contributed by atoms with E-state index in [1.807, 2.05) is 18.2 Å². The number of hydrogen-bond donors (Lipinski definition) is 1. The predicted octanol–water partition coefficient (Wildman–Crippen LogP) is 3.58. The minimum absolute atomic E-state index is 0.0581. The number of hydrogen-bond acceptors (Lipinski definition) is 4. The van der Waals surface area contributed by atoms with Crippen LogP contribution in [0, 0.1) is 11.3 Å². The molecule has 0 aliphatic rings. The Balaban J connectivity index is 1.96. The zero-order valence-corrected chi connectivity index (χ0v) is 14.4. The average Bonchev–Trinajstić information content (AvgIpc) is 2.63. The van der Waals surface area contributed by atoms with Gasteiger partial charge in [-0.15, -0.1) is 0 Å². The highest BCUT2D eigenvalue weighted by Gasteiger charge is 2.05. The molecule has 1 amide bonds. The largest absolute Gasteiger partial charge is 0.493 e. The van der Waals surface area contributed by atoms with Gasteiger partial charge in [0, 0.05) is 17.6 Å². The standard InChI is InChI=1S/C19H17ClN2O3/c1-24-18-12-14(5-7-17(18)25-10-9-21)6-8-19(23)22-13-15-3-2-4-16(20)11-15/h2-8,11-12H,10,13H2,1H3,(H,22,23). The van der Waals surface area contributed by atoms with E-state index in [-0.39, 0.29) is 12.5 Å². The maximum atomic E-state index is 11.9. The van der Waals surface area contributed by atoms with E-state index in [0.717, 1.165) is 11.1 Å². The number of nitriles is 1. The molecule has 25 heavy (non-hydrogen) atoms. The molecule has 2 aromatic rings. The van der Waals surface area contributed by atoms with Gasteiger partial charge in [-0.05, 0) is 41.5 Å². The summed E-state index contributed by atoms with van der Waals surface area (Å²) in [5.74, 6) is 0.757. The molecular formula is C19H17ClN2O3. The quantitative estimate of drug-likeness (QED) is 0.770. The minimum Gasteiger partial charge on any atom is -0.493 e. The number of carbonyl (C=O) groups excluding carboxylic acids is 1. The molecule has 0 heterocycles. The van der Waals surface area contributed by atoms with E-state index >= 15 is 0 Å². The third-order valence-electron chi connectivity index (χ3n) is 3.26. The van der Waals surface area contributed by atoms with Crippen LogP contribution >= 0.6 is 11.6 Å². The molecule has 0 atom stereocenters. The Morgan fingerprint density at radius 3 is 2.84 bits per heavy atom. The van der Waals surface area contributed by atoms with Crippen LogP contribution in [-0.2, 0) is 11.3 Å². The van der Waals surface area contributed by atoms with Crippen LogP contribution in [0.2, 0.25) is 5.02 Å². The molecule has 0 aliphatic heterocycles. The highest BCUT2D eigenvalue weighted by atomic mass is 35.5. The fraction of sp³-hybridized carbons (Fsp3) is 0.158. The zero-order chi connectivity index (χ0) is 18.1. The first-order valence-electron chi connectivity index (χ1n) is 7.50. The van der Waals surface area contributed by atoms with Gasteiger partial charge in [0.25, 0.3) is 0 Å². The molecule has 0 aliphatic carbocycles. The Hall–Kier alpha value is -2.97. The number of methoxy groups -OCH3 is 1. The number of rotatable bonds is 7. The molecule has 0 spiro atoms. The summed E-state index contributed by atoms with van der Waals surface area (Å²) >= 11 is 5.91. The summed E-state index contributed by atoms with van der Waals surface area (Å²) in [6.07, 6.45) is 3.11. The van der Waals surface area contributed by atoms with E-state index in [1.54, 1.807) is 36.4 Å². The molecule has 128 valence electrons. The van der Waals surface area contributed by atoms with Gasteiger partial charge < -0.3 is 14.8 Å². The highest BCUT2D eigenvalue weighted by molar-refractivity contribution is 6.30. The van der Waals surface area contributed by atoms with E-state index in [4.69, 9.17) is 26.3 Å². The molecule has 2 rings (SSSR count). The fourth-order valence-electron chi connectivity index (χ4n) is 2.08. The first-order chi connectivity index (χ1) is 12.1. The molecule has 2 aromatic carbocycles. The Morgan fingerprint density at radius 2 is 2.12 bits per heavy atom. The van der Waals surface area contributed by atoms with Crippen molar-refractivity contribution in [2.45, 2.75) is 6.54 Å². The number of carbonyl (C=O) groups is 1. The highest BCUT2D eigenvalue weighted by Crippen LogP contribution is 2.28. The van der Waals surface area contributed by atoms with Crippen LogP contribution in [0.1, 0.15) is 11.1 Å². The third-order valence-corrected chi connectivity index (χ3v) is 3.50. The van der Waals surface area contributed by atoms with Gasteiger partial charge in [-0.2, -0.15) is 5.26 Å². The summed E-state index contributed by atoms with van der Waals surface area (Å²) in [6.45, 7) is 0.339. The lowest BCUT2D eigenvalue weighted by Crippen LogP contribution is -2.20. The molecule has 0 bridgehead atoms. The van der Waals surface area contributed by atoms with E-state index in [2.05, 4.69) is 5.32 Å². The summed E-state index contributed by atoms with van der Waals surface area (Å²) in [4.78, 5) is 11.9. The van der Waals surface area contributed by atoms with Gasteiger partial charge in [-0.25, -0.2) is 0 Å². The summed E-state index contributed by atoms with van der Waals surface area (Å²) in [7, 11) is 1.51. The fourth-order valence-corrected chi connectivity index (χ4v) is 2.30. The van der Waals surface area contributed by atoms with Gasteiger partial charge in [-0.3, -0.25) is 4.79 Å². The van der Waals surface area contributed by atoms with Gasteiger partial charge >= 0.3 is 0 Å². The number of nitrogens with zero attached hydrogens (tertiary/aromatic N) is 1. The van der Waals surface area contributed by atoms with E-state index < -0.39 is 0 Å². The number of halogens is 1. The SMILES string of the molecule is COc1cc(C=CC(=O)NCc2cccc(Cl)c2)ccc1OCC#N. The van der Waals surface area contributed by atoms with Crippen molar-refractivity contribution < 1.29 is 14.3 Å². The first-order valence-corrected chi connectivity index (χ1v) is 7.88. The van der Waals surface area contributed by atoms with E-state index in [1.165, 1.54) is 13.2 Å². The van der Waals surface area contributed by atoms with Crippen LogP contribution in [0.3, 0.4) is 0 Å². The number of benzene rings is 2. The molecule has 0 aromatic heterocycles. The van der Waals surface area contributed by atoms with E-state index in [0.29, 0.717) is 23.1 Å². The summed E-state index contributed by atoms with van der Waals surface area (Å²) in [6, 6.07) is 14.4. The van der Waals surface area contributed by atoms with Crippen molar-refractivity contribution in [3.8, 4) is 17.6 Å². The van der Waals surface area contributed by atoms with Gasteiger partial charge in [0.05, 0.1) is 7.11 Å². The lowest BCUT2D eigenvalue weighted by molar-refractivity contribution is -0.116. The average molecular weight is 357 g/mol. The van der Waals surface area contributed by atoms with Crippen LogP contribution in [0.25, 0.3) is 6.08 Å². The Kier molecular flexibility index (Phi) is 6.87. The number of nitrogens with one attached hydrogen (secondary N) is 1. The molecule has 0 unspecified atom stereocenters. The first kappa shape index (κ1) is 18.4. The van der Waals surface area contributed by atoms with Gasteiger partial charge in [0.2, 0.25) is 5.91 Å². The van der Waals surface area contributed by atoms with Gasteiger partial charge in [-0.1, -0.05) is 29.8 Å². The molecule has 0 radical (unpaired) electrons. The van der Waals surface area contributed by atoms with Crippen LogP contribution in [0.4, 0.5) is 0 Å². The van der Waals surface area contributed by atoms with Gasteiger partial charge in [0.15, 0.2) is 18.1 Å². The Labute approximate surface area is 151 Å². The minimum atomic E-state index is -0.219. The smallest absolute Gasteiger partial charge is 0.244 e. The Morgan fingerprint density at radius 1 is 1.28 bits per heavy atom. The molecule has 1 N–H and O–H groups in total. The van der Waals surface area contributed by atoms with Crippen molar-refractivity contribution in [2.75, 3.05) is 13.7 Å². The normalized spacial score (nSPS) is 10.3. The predicted molar refractivity (Wildman–Crippen MR) is 96.4 cm³/mol. The molecule has 5 nitrogen and oxygen atoms in total. The van der Waals surface area contributed by atoms with Crippen molar-refractivity contribution in [1.82, 2.24) is 5.32 Å². The molecule has 0 fully saturated rings. The molecule has 6 heteroatoms. The van der Waals surface area contributed by atoms with Crippen LogP contribution in [0.5, 0.6) is 11.5 Å². The van der Waals surface area contributed by atoms with Crippen molar-refractivity contribution in [3.63, 3.8) is 0 Å². The van der Waals surface area contributed by atoms with Crippen molar-refractivity contribution in [3.05, 3.63) is 64.7 Å². The Bertz CT molecular complexity index is 813. The van der Waals surface area contributed by atoms with Crippen LogP contribution in [-0.4, -0.2) is 19.6 Å². The van der Waals surface area contributed by atoms with Crippen molar-refractivity contribution >= 4 is 23.6 Å². The monoisotopic (exact) mass is 356 g/mol. The number of ether oxygens (including phenoxy) is 2. The maximum Gasteiger partial charge on any atom is 0.244 e. The summed E-state index contributed by atoms with van der Waals surface area (Å²) < 4.78 is 10.5. The number of amides is 1. The molecule has 0 saturated carbocycles. The molecular weight excluding hydrogens is 340 g/mol. The topological polar surface area (TPSA) is 71.3 Å². The van der Waals surface area contributed by atoms with Crippen LogP contribution in [0.15, 0.2) is 48.5 Å². The lowest BCUT2D eigenvalue weighted by Gasteiger charge is -2.08. The summed E-state index contributed by atoms with van der Waals surface area (Å²) in [5.41, 5.74) is 1.70. The third kappa shape index (κ3) is 5.87. The van der Waals surface area contributed by atoms with Gasteiger partial charge in [0.1, 0.15) is 6.07 Å². The van der Waals surface area contributed by atoms with Crippen molar-refractivity contribution in [2.24, 2.45) is 0 Å². The molecule has 0 saturated heterocycles. The summed E-state index contributed by atoms with van der Waals surface area (Å²) in [5, 5.41) is 12.0. The second-order valence-corrected chi connectivity index (χ2v) is 5.47. The van der Waals surface area contributed by atoms with E-state index in [9.17, 15) is 4.79 Å². The van der Waals surface area contributed by atoms with Crippen molar-refractivity contribution in [1.29, 1.82) is 5.26 Å². The second-order valence-electron chi connectivity index (χ2n) is 5.04. The second kappa shape index (κ2) is 9.36. The van der Waals surface area contributed by atoms with Crippen LogP contribution < -0.4 is 14.8 Å². The maximum absolute atomic E-state index is 11.9. The zero-order valence-electron chi connectivity index (χ0n) is 13.7. The lowest BCUT2D eigenvalue weighted by atomic mass is 10.2.